The third-order valence-corrected chi connectivity index (χ3v) is 4.60. The summed E-state index contributed by atoms with van der Waals surface area (Å²) in [5, 5.41) is 4.51. The number of thioether (sulfide) groups is 1. The molecule has 0 bridgehead atoms. The summed E-state index contributed by atoms with van der Waals surface area (Å²) < 4.78 is 0. The summed E-state index contributed by atoms with van der Waals surface area (Å²) in [6.07, 6.45) is 2.79. The third-order valence-electron chi connectivity index (χ3n) is 3.46. The molecule has 0 unspecified atom stereocenters. The number of rotatable bonds is 4. The second kappa shape index (κ2) is 8.23. The molecule has 21 heavy (non-hydrogen) atoms. The first-order chi connectivity index (χ1) is 9.49. The monoisotopic (exact) mass is 370 g/mol. The van der Waals surface area contributed by atoms with E-state index in [-0.39, 0.29) is 22.4 Å². The van der Waals surface area contributed by atoms with Gasteiger partial charge >= 0.3 is 0 Å². The van der Waals surface area contributed by atoms with E-state index in [0.717, 1.165) is 23.3 Å². The van der Waals surface area contributed by atoms with E-state index < -0.39 is 0 Å². The summed E-state index contributed by atoms with van der Waals surface area (Å²) in [6, 6.07) is 8.72. The zero-order valence-corrected chi connectivity index (χ0v) is 16.0. The highest BCUT2D eigenvalue weighted by molar-refractivity contribution is 8.93. The Morgan fingerprint density at radius 3 is 2.33 bits per heavy atom. The van der Waals surface area contributed by atoms with Crippen molar-refractivity contribution in [2.75, 3.05) is 17.6 Å². The summed E-state index contributed by atoms with van der Waals surface area (Å²) in [4.78, 5) is 4.56. The molecule has 1 N–H and O–H groups in total. The van der Waals surface area contributed by atoms with E-state index in [9.17, 15) is 0 Å². The molecule has 0 radical (unpaired) electrons. The van der Waals surface area contributed by atoms with Gasteiger partial charge in [0.15, 0.2) is 5.17 Å². The lowest BCUT2D eigenvalue weighted by molar-refractivity contribution is 0.590. The van der Waals surface area contributed by atoms with Crippen LogP contribution in [0.2, 0.25) is 0 Å². The van der Waals surface area contributed by atoms with E-state index in [1.54, 1.807) is 0 Å². The summed E-state index contributed by atoms with van der Waals surface area (Å²) in [7, 11) is 0. The molecule has 2 nitrogen and oxygen atoms in total. The SMILES string of the molecule is Br.CCN=C(Nc1ccc(C(C)(C)C)cc1)SCC1CC1. The van der Waals surface area contributed by atoms with E-state index >= 15 is 0 Å². The van der Waals surface area contributed by atoms with Crippen LogP contribution in [0.3, 0.4) is 0 Å². The quantitative estimate of drug-likeness (QED) is 0.559. The molecule has 1 fully saturated rings. The fraction of sp³-hybridized carbons (Fsp3) is 0.588. The number of amidine groups is 1. The van der Waals surface area contributed by atoms with Crippen molar-refractivity contribution in [1.82, 2.24) is 0 Å². The first-order valence-electron chi connectivity index (χ1n) is 7.54. The van der Waals surface area contributed by atoms with Crippen LogP contribution in [0.25, 0.3) is 0 Å². The van der Waals surface area contributed by atoms with Crippen LogP contribution in [0.5, 0.6) is 0 Å². The number of benzene rings is 1. The van der Waals surface area contributed by atoms with Crippen LogP contribution in [0.1, 0.15) is 46.1 Å². The third kappa shape index (κ3) is 6.43. The smallest absolute Gasteiger partial charge is 0.161 e. The highest BCUT2D eigenvalue weighted by Crippen LogP contribution is 2.33. The fourth-order valence-electron chi connectivity index (χ4n) is 1.92. The zero-order chi connectivity index (χ0) is 14.6. The van der Waals surface area contributed by atoms with Crippen molar-refractivity contribution >= 4 is 39.6 Å². The molecule has 0 spiro atoms. The molecule has 118 valence electrons. The number of nitrogens with one attached hydrogen (secondary N) is 1. The molecule has 2 rings (SSSR count). The zero-order valence-electron chi connectivity index (χ0n) is 13.5. The summed E-state index contributed by atoms with van der Waals surface area (Å²) in [5.74, 6) is 2.12. The molecular formula is C17H27BrN2S. The van der Waals surface area contributed by atoms with Gasteiger partial charge in [0.05, 0.1) is 0 Å². The van der Waals surface area contributed by atoms with Crippen LogP contribution >= 0.6 is 28.7 Å². The van der Waals surface area contributed by atoms with Gasteiger partial charge in [0.1, 0.15) is 0 Å². The highest BCUT2D eigenvalue weighted by atomic mass is 79.9. The molecule has 1 aromatic rings. The lowest BCUT2D eigenvalue weighted by Crippen LogP contribution is -2.12. The van der Waals surface area contributed by atoms with E-state index in [1.165, 1.54) is 24.2 Å². The van der Waals surface area contributed by atoms with Gasteiger partial charge < -0.3 is 5.32 Å². The maximum absolute atomic E-state index is 4.56. The molecule has 0 saturated heterocycles. The lowest BCUT2D eigenvalue weighted by Gasteiger charge is -2.19. The maximum atomic E-state index is 4.56. The summed E-state index contributed by atoms with van der Waals surface area (Å²) in [6.45, 7) is 9.64. The van der Waals surface area contributed by atoms with Crippen molar-refractivity contribution in [3.8, 4) is 0 Å². The number of aliphatic imine (C=N–C) groups is 1. The predicted octanol–water partition coefficient (Wildman–Crippen LogP) is 5.49. The Bertz CT molecular complexity index is 459. The molecule has 1 aliphatic rings. The Morgan fingerprint density at radius 2 is 1.86 bits per heavy atom. The number of halogens is 1. The number of hydrogen-bond donors (Lipinski definition) is 1. The highest BCUT2D eigenvalue weighted by Gasteiger charge is 2.22. The number of hydrogen-bond acceptors (Lipinski definition) is 2. The Morgan fingerprint density at radius 1 is 1.24 bits per heavy atom. The van der Waals surface area contributed by atoms with Crippen molar-refractivity contribution in [2.24, 2.45) is 10.9 Å². The minimum atomic E-state index is 0. The van der Waals surface area contributed by atoms with E-state index in [1.807, 2.05) is 11.8 Å². The van der Waals surface area contributed by atoms with Gasteiger partial charge in [-0.3, -0.25) is 4.99 Å². The molecule has 1 aliphatic carbocycles. The van der Waals surface area contributed by atoms with Crippen molar-refractivity contribution < 1.29 is 0 Å². The van der Waals surface area contributed by atoms with Gasteiger partial charge in [0.2, 0.25) is 0 Å². The van der Waals surface area contributed by atoms with Crippen LogP contribution in [0.4, 0.5) is 5.69 Å². The average Bonchev–Trinajstić information content (AvgIpc) is 3.20. The van der Waals surface area contributed by atoms with E-state index in [0.29, 0.717) is 0 Å². The fourth-order valence-corrected chi connectivity index (χ4v) is 3.06. The number of nitrogens with zero attached hydrogens (tertiary/aromatic N) is 1. The van der Waals surface area contributed by atoms with Gasteiger partial charge in [-0.15, -0.1) is 17.0 Å². The topological polar surface area (TPSA) is 24.4 Å². The Labute approximate surface area is 144 Å². The summed E-state index contributed by atoms with van der Waals surface area (Å²) in [5.41, 5.74) is 2.70. The maximum Gasteiger partial charge on any atom is 0.161 e. The van der Waals surface area contributed by atoms with Crippen molar-refractivity contribution in [3.05, 3.63) is 29.8 Å². The first-order valence-corrected chi connectivity index (χ1v) is 8.52. The van der Waals surface area contributed by atoms with Crippen LogP contribution in [-0.4, -0.2) is 17.5 Å². The Kier molecular flexibility index (Phi) is 7.28. The molecule has 1 saturated carbocycles. The summed E-state index contributed by atoms with van der Waals surface area (Å²) >= 11 is 1.86. The molecule has 0 atom stereocenters. The second-order valence-electron chi connectivity index (χ2n) is 6.49. The molecule has 0 aliphatic heterocycles. The van der Waals surface area contributed by atoms with Crippen LogP contribution in [0.15, 0.2) is 29.3 Å². The average molecular weight is 371 g/mol. The minimum absolute atomic E-state index is 0. The van der Waals surface area contributed by atoms with Gasteiger partial charge in [0, 0.05) is 18.0 Å². The lowest BCUT2D eigenvalue weighted by atomic mass is 9.87. The molecule has 4 heteroatoms. The minimum Gasteiger partial charge on any atom is -0.335 e. The normalized spacial score (nSPS) is 15.5. The van der Waals surface area contributed by atoms with E-state index in [4.69, 9.17) is 0 Å². The molecule has 0 heterocycles. The van der Waals surface area contributed by atoms with Gasteiger partial charge in [0.25, 0.3) is 0 Å². The first kappa shape index (κ1) is 18.6. The predicted molar refractivity (Wildman–Crippen MR) is 102 cm³/mol. The Balaban J connectivity index is 0.00000220. The van der Waals surface area contributed by atoms with Gasteiger partial charge in [-0.25, -0.2) is 0 Å². The van der Waals surface area contributed by atoms with Crippen LogP contribution in [0, 0.1) is 5.92 Å². The van der Waals surface area contributed by atoms with Crippen LogP contribution < -0.4 is 5.32 Å². The van der Waals surface area contributed by atoms with Crippen molar-refractivity contribution in [2.45, 2.75) is 46.0 Å². The molecule has 0 amide bonds. The van der Waals surface area contributed by atoms with E-state index in [2.05, 4.69) is 62.3 Å². The molecular weight excluding hydrogens is 344 g/mol. The van der Waals surface area contributed by atoms with Crippen molar-refractivity contribution in [1.29, 1.82) is 0 Å². The van der Waals surface area contributed by atoms with Crippen molar-refractivity contribution in [3.63, 3.8) is 0 Å². The number of anilines is 1. The van der Waals surface area contributed by atoms with Crippen LogP contribution in [-0.2, 0) is 5.41 Å². The van der Waals surface area contributed by atoms with Gasteiger partial charge in [-0.2, -0.15) is 0 Å². The van der Waals surface area contributed by atoms with Gasteiger partial charge in [-0.05, 0) is 48.8 Å². The standard InChI is InChI=1S/C17H26N2S.BrH/c1-5-18-16(20-12-13-6-7-13)19-15-10-8-14(9-11-15)17(2,3)4;/h8-11,13H,5-7,12H2,1-4H3,(H,18,19);1H. The largest absolute Gasteiger partial charge is 0.335 e. The second-order valence-corrected chi connectivity index (χ2v) is 7.49. The molecule has 1 aromatic carbocycles. The van der Waals surface area contributed by atoms with Gasteiger partial charge in [-0.1, -0.05) is 44.7 Å². The molecule has 0 aromatic heterocycles. The Hall–Kier alpha value is -0.480.